The van der Waals surface area contributed by atoms with Gasteiger partial charge < -0.3 is 14.2 Å². The second-order valence-corrected chi connectivity index (χ2v) is 11.4. The first-order chi connectivity index (χ1) is 17.1. The molecule has 35 heavy (non-hydrogen) atoms. The van der Waals surface area contributed by atoms with Crippen LogP contribution in [0.2, 0.25) is 10.0 Å². The molecule has 4 aromatic rings. The number of benzene rings is 2. The summed E-state index contributed by atoms with van der Waals surface area (Å²) in [4.78, 5) is 8.58. The number of halogens is 2. The molecule has 0 spiro atoms. The molecule has 0 unspecified atom stereocenters. The number of hydrogen-bond acceptors (Lipinski definition) is 4. The van der Waals surface area contributed by atoms with Crippen LogP contribution in [-0.2, 0) is 16.8 Å². The van der Waals surface area contributed by atoms with E-state index in [-0.39, 0.29) is 11.0 Å². The fourth-order valence-electron chi connectivity index (χ4n) is 6.20. The second-order valence-electron chi connectivity index (χ2n) is 10.6. The van der Waals surface area contributed by atoms with Gasteiger partial charge in [0.05, 0.1) is 33.3 Å². The molecular weight excluding hydrogens is 481 g/mol. The summed E-state index contributed by atoms with van der Waals surface area (Å²) in [6.07, 6.45) is 8.65. The molecule has 0 aliphatic heterocycles. The first-order valence-corrected chi connectivity index (χ1v) is 13.3. The summed E-state index contributed by atoms with van der Waals surface area (Å²) >= 11 is 13.1. The third kappa shape index (κ3) is 3.62. The zero-order valence-corrected chi connectivity index (χ0v) is 21.0. The number of para-hydroxylation sites is 2. The lowest BCUT2D eigenvalue weighted by Crippen LogP contribution is -2.50. The van der Waals surface area contributed by atoms with Crippen LogP contribution in [0.15, 0.2) is 47.0 Å². The van der Waals surface area contributed by atoms with Crippen molar-refractivity contribution in [2.75, 3.05) is 0 Å². The Kier molecular flexibility index (Phi) is 5.06. The van der Waals surface area contributed by atoms with Crippen molar-refractivity contribution in [3.63, 3.8) is 0 Å². The number of nitrogens with zero attached hydrogens (tertiary/aromatic N) is 2. The SMILES string of the molecule is Clc1cccc(Cl)c1-c1noc(C2CC2)c1COC12CCC(c3nc4ccccc4[nH]3)(CC1)CC2. The molecule has 0 radical (unpaired) electrons. The minimum atomic E-state index is -0.104. The summed E-state index contributed by atoms with van der Waals surface area (Å²) < 4.78 is 12.6. The normalized spacial score (nSPS) is 26.0. The Labute approximate surface area is 214 Å². The van der Waals surface area contributed by atoms with E-state index in [1.54, 1.807) is 0 Å². The number of rotatable bonds is 6. The van der Waals surface area contributed by atoms with Gasteiger partial charge in [0.2, 0.25) is 0 Å². The first kappa shape index (κ1) is 21.9. The van der Waals surface area contributed by atoms with Crippen molar-refractivity contribution < 1.29 is 9.26 Å². The highest BCUT2D eigenvalue weighted by Gasteiger charge is 2.51. The highest BCUT2D eigenvalue weighted by molar-refractivity contribution is 6.39. The number of ether oxygens (including phenoxy) is 1. The summed E-state index contributed by atoms with van der Waals surface area (Å²) in [6, 6.07) is 13.9. The maximum absolute atomic E-state index is 6.79. The fraction of sp³-hybridized carbons (Fsp3) is 0.429. The quantitative estimate of drug-likeness (QED) is 0.287. The van der Waals surface area contributed by atoms with E-state index in [0.717, 1.165) is 90.8 Å². The Morgan fingerprint density at radius 2 is 1.66 bits per heavy atom. The molecule has 0 atom stereocenters. The summed E-state index contributed by atoms with van der Waals surface area (Å²) in [6.45, 7) is 0.476. The molecule has 0 saturated heterocycles. The van der Waals surface area contributed by atoms with Gasteiger partial charge in [-0.25, -0.2) is 4.98 Å². The van der Waals surface area contributed by atoms with Gasteiger partial charge in [-0.05, 0) is 75.6 Å². The van der Waals surface area contributed by atoms with Crippen molar-refractivity contribution in [1.29, 1.82) is 0 Å². The number of nitrogens with one attached hydrogen (secondary N) is 1. The third-order valence-corrected chi connectivity index (χ3v) is 9.19. The van der Waals surface area contributed by atoms with E-state index in [2.05, 4.69) is 34.4 Å². The highest BCUT2D eigenvalue weighted by atomic mass is 35.5. The molecule has 4 saturated carbocycles. The van der Waals surface area contributed by atoms with E-state index in [1.165, 1.54) is 0 Å². The number of aromatic nitrogens is 3. The zero-order valence-electron chi connectivity index (χ0n) is 19.4. The van der Waals surface area contributed by atoms with Gasteiger partial charge in [0.15, 0.2) is 0 Å². The second kappa shape index (κ2) is 8.09. The summed E-state index contributed by atoms with van der Waals surface area (Å²) in [5.74, 6) is 2.51. The van der Waals surface area contributed by atoms with Crippen LogP contribution in [0.1, 0.15) is 74.4 Å². The van der Waals surface area contributed by atoms with Gasteiger partial charge >= 0.3 is 0 Å². The van der Waals surface area contributed by atoms with Crippen molar-refractivity contribution >= 4 is 34.2 Å². The highest BCUT2D eigenvalue weighted by Crippen LogP contribution is 2.55. The van der Waals surface area contributed by atoms with Gasteiger partial charge in [-0.2, -0.15) is 0 Å². The molecule has 2 aromatic carbocycles. The predicted molar refractivity (Wildman–Crippen MR) is 137 cm³/mol. The van der Waals surface area contributed by atoms with E-state index in [4.69, 9.17) is 37.4 Å². The first-order valence-electron chi connectivity index (χ1n) is 12.6. The largest absolute Gasteiger partial charge is 0.370 e. The molecule has 2 bridgehead atoms. The number of fused-ring (bicyclic) bond motifs is 4. The van der Waals surface area contributed by atoms with Crippen molar-refractivity contribution in [1.82, 2.24) is 15.1 Å². The molecule has 4 aliphatic rings. The van der Waals surface area contributed by atoms with Gasteiger partial charge in [0, 0.05) is 22.5 Å². The van der Waals surface area contributed by atoms with Crippen molar-refractivity contribution in [3.8, 4) is 11.3 Å². The van der Waals surface area contributed by atoms with Gasteiger partial charge in [-0.1, -0.05) is 46.6 Å². The van der Waals surface area contributed by atoms with Crippen molar-refractivity contribution in [3.05, 3.63) is 69.7 Å². The van der Waals surface area contributed by atoms with Gasteiger partial charge in [0.1, 0.15) is 17.3 Å². The molecule has 4 aliphatic carbocycles. The average molecular weight is 508 g/mol. The lowest BCUT2D eigenvalue weighted by molar-refractivity contribution is -0.128. The molecular formula is C28H27Cl2N3O2. The number of hydrogen-bond donors (Lipinski definition) is 1. The smallest absolute Gasteiger partial charge is 0.145 e. The van der Waals surface area contributed by atoms with Crippen LogP contribution in [0.3, 0.4) is 0 Å². The van der Waals surface area contributed by atoms with Crippen LogP contribution >= 0.6 is 23.2 Å². The van der Waals surface area contributed by atoms with Crippen LogP contribution in [-0.4, -0.2) is 20.7 Å². The maximum atomic E-state index is 6.79. The maximum Gasteiger partial charge on any atom is 0.145 e. The molecule has 4 fully saturated rings. The van der Waals surface area contributed by atoms with E-state index in [1.807, 2.05) is 18.2 Å². The number of imidazole rings is 1. The van der Waals surface area contributed by atoms with Crippen LogP contribution in [0.4, 0.5) is 0 Å². The Bertz CT molecular complexity index is 1340. The minimum absolute atomic E-state index is 0.104. The fourth-order valence-corrected chi connectivity index (χ4v) is 6.78. The molecule has 5 nitrogen and oxygen atoms in total. The molecule has 2 aromatic heterocycles. The van der Waals surface area contributed by atoms with Crippen molar-refractivity contribution in [2.24, 2.45) is 0 Å². The molecule has 0 amide bonds. The summed E-state index contributed by atoms with van der Waals surface area (Å²) in [5.41, 5.74) is 4.68. The zero-order chi connectivity index (χ0) is 23.6. The molecule has 2 heterocycles. The lowest BCUT2D eigenvalue weighted by Gasteiger charge is -2.52. The van der Waals surface area contributed by atoms with Gasteiger partial charge in [-0.3, -0.25) is 0 Å². The van der Waals surface area contributed by atoms with E-state index >= 15 is 0 Å². The van der Waals surface area contributed by atoms with E-state index < -0.39 is 0 Å². The van der Waals surface area contributed by atoms with Gasteiger partial charge in [0.25, 0.3) is 0 Å². The third-order valence-electron chi connectivity index (χ3n) is 8.56. The topological polar surface area (TPSA) is 63.9 Å². The van der Waals surface area contributed by atoms with E-state index in [0.29, 0.717) is 22.6 Å². The van der Waals surface area contributed by atoms with Crippen LogP contribution in [0, 0.1) is 0 Å². The van der Waals surface area contributed by atoms with Crippen LogP contribution in [0.25, 0.3) is 22.3 Å². The van der Waals surface area contributed by atoms with Crippen molar-refractivity contribution in [2.45, 2.75) is 74.9 Å². The standard InChI is InChI=1S/C28H27Cl2N3O2/c29-19-4-3-5-20(30)23(19)24-18(25(35-33-24)17-8-9-17)16-34-28-13-10-27(11-14-28,12-15-28)26-31-21-6-1-2-7-22(21)32-26/h1-7,17H,8-16H2,(H,31,32). The molecule has 180 valence electrons. The average Bonchev–Trinajstić information content (AvgIpc) is 3.49. The molecule has 8 rings (SSSR count). The Balaban J connectivity index is 1.14. The molecule has 7 heteroatoms. The molecule has 1 N–H and O–H groups in total. The Hall–Kier alpha value is -2.34. The van der Waals surface area contributed by atoms with E-state index in [9.17, 15) is 0 Å². The van der Waals surface area contributed by atoms with Crippen LogP contribution in [0.5, 0.6) is 0 Å². The summed E-state index contributed by atoms with van der Waals surface area (Å²) in [5, 5.41) is 5.59. The lowest BCUT2D eigenvalue weighted by atomic mass is 9.58. The Morgan fingerprint density at radius 1 is 0.943 bits per heavy atom. The monoisotopic (exact) mass is 507 g/mol. The number of H-pyrrole nitrogens is 1. The minimum Gasteiger partial charge on any atom is -0.370 e. The Morgan fingerprint density at radius 3 is 2.34 bits per heavy atom. The predicted octanol–water partition coefficient (Wildman–Crippen LogP) is 7.96. The number of aromatic amines is 1. The van der Waals surface area contributed by atoms with Crippen LogP contribution < -0.4 is 0 Å². The summed E-state index contributed by atoms with van der Waals surface area (Å²) in [7, 11) is 0. The van der Waals surface area contributed by atoms with Gasteiger partial charge in [-0.15, -0.1) is 0 Å².